The van der Waals surface area contributed by atoms with Crippen LogP contribution in [-0.4, -0.2) is 32.4 Å². The van der Waals surface area contributed by atoms with Crippen LogP contribution in [0, 0.1) is 6.92 Å². The Bertz CT molecular complexity index is 554. The number of benzene rings is 1. The molecule has 0 saturated carbocycles. The molecule has 2 rings (SSSR count). The van der Waals surface area contributed by atoms with Crippen LogP contribution in [-0.2, 0) is 10.0 Å². The van der Waals surface area contributed by atoms with E-state index in [-0.39, 0.29) is 10.9 Å². The molecule has 1 heterocycles. The first-order valence-electron chi connectivity index (χ1n) is 6.67. The van der Waals surface area contributed by atoms with Crippen molar-refractivity contribution in [2.75, 3.05) is 13.7 Å². The largest absolute Gasteiger partial charge is 0.495 e. The Morgan fingerprint density at radius 1 is 1.42 bits per heavy atom. The van der Waals surface area contributed by atoms with Gasteiger partial charge >= 0.3 is 0 Å². The second-order valence-electron chi connectivity index (χ2n) is 4.97. The van der Waals surface area contributed by atoms with Gasteiger partial charge in [0.05, 0.1) is 7.11 Å². The molecule has 1 fully saturated rings. The van der Waals surface area contributed by atoms with E-state index in [4.69, 9.17) is 4.74 Å². The Morgan fingerprint density at radius 2 is 2.16 bits per heavy atom. The highest BCUT2D eigenvalue weighted by atomic mass is 32.2. The number of hydrogen-bond donors (Lipinski definition) is 0. The Morgan fingerprint density at radius 3 is 2.79 bits per heavy atom. The lowest BCUT2D eigenvalue weighted by Crippen LogP contribution is -2.35. The number of nitrogens with zero attached hydrogens (tertiary/aromatic N) is 1. The van der Waals surface area contributed by atoms with E-state index >= 15 is 0 Å². The smallest absolute Gasteiger partial charge is 0.247 e. The zero-order valence-electron chi connectivity index (χ0n) is 11.7. The van der Waals surface area contributed by atoms with Gasteiger partial charge in [-0.15, -0.1) is 0 Å². The van der Waals surface area contributed by atoms with Gasteiger partial charge in [-0.3, -0.25) is 0 Å². The van der Waals surface area contributed by atoms with Crippen LogP contribution < -0.4 is 4.74 Å². The maximum atomic E-state index is 12.8. The van der Waals surface area contributed by atoms with E-state index in [9.17, 15) is 8.42 Å². The van der Waals surface area contributed by atoms with E-state index in [1.165, 1.54) is 7.11 Å². The SMILES string of the molecule is CCC1CCCN1S(=O)(=O)c1cc(C)ccc1OC. The van der Waals surface area contributed by atoms with Crippen LogP contribution in [0.25, 0.3) is 0 Å². The molecular formula is C14H21NO3S. The number of rotatable bonds is 4. The van der Waals surface area contributed by atoms with Crippen molar-refractivity contribution < 1.29 is 13.2 Å². The number of hydrogen-bond acceptors (Lipinski definition) is 3. The standard InChI is InChI=1S/C14H21NO3S/c1-4-12-6-5-9-15(12)19(16,17)14-10-11(2)7-8-13(14)18-3/h7-8,10,12H,4-6,9H2,1-3H3. The van der Waals surface area contributed by atoms with Crippen LogP contribution in [0.4, 0.5) is 0 Å². The Kier molecular flexibility index (Phi) is 4.16. The molecule has 1 aromatic rings. The molecule has 5 heteroatoms. The highest BCUT2D eigenvalue weighted by molar-refractivity contribution is 7.89. The van der Waals surface area contributed by atoms with Crippen molar-refractivity contribution in [3.8, 4) is 5.75 Å². The van der Waals surface area contributed by atoms with Gasteiger partial charge in [-0.25, -0.2) is 8.42 Å². The van der Waals surface area contributed by atoms with Gasteiger partial charge in [0.1, 0.15) is 10.6 Å². The highest BCUT2D eigenvalue weighted by Crippen LogP contribution is 2.32. The summed E-state index contributed by atoms with van der Waals surface area (Å²) in [5, 5.41) is 0. The molecule has 0 amide bonds. The third-order valence-electron chi connectivity index (χ3n) is 3.70. The van der Waals surface area contributed by atoms with Gasteiger partial charge in [0, 0.05) is 12.6 Å². The van der Waals surface area contributed by atoms with Crippen molar-refractivity contribution in [1.29, 1.82) is 0 Å². The summed E-state index contributed by atoms with van der Waals surface area (Å²) in [6, 6.07) is 5.40. The zero-order chi connectivity index (χ0) is 14.0. The summed E-state index contributed by atoms with van der Waals surface area (Å²) in [5.41, 5.74) is 0.923. The van der Waals surface area contributed by atoms with Crippen LogP contribution in [0.15, 0.2) is 23.1 Å². The third kappa shape index (κ3) is 2.62. The lowest BCUT2D eigenvalue weighted by molar-refractivity contribution is 0.370. The van der Waals surface area contributed by atoms with Crippen LogP contribution in [0.5, 0.6) is 5.75 Å². The van der Waals surface area contributed by atoms with Crippen LogP contribution in [0.3, 0.4) is 0 Å². The van der Waals surface area contributed by atoms with Crippen molar-refractivity contribution in [3.05, 3.63) is 23.8 Å². The van der Waals surface area contributed by atoms with Crippen LogP contribution in [0.2, 0.25) is 0 Å². The number of ether oxygens (including phenoxy) is 1. The summed E-state index contributed by atoms with van der Waals surface area (Å²) in [4.78, 5) is 0.287. The van der Waals surface area contributed by atoms with Gasteiger partial charge in [0.2, 0.25) is 10.0 Å². The number of sulfonamides is 1. The van der Waals surface area contributed by atoms with E-state index < -0.39 is 10.0 Å². The molecule has 4 nitrogen and oxygen atoms in total. The van der Waals surface area contributed by atoms with Crippen LogP contribution >= 0.6 is 0 Å². The minimum Gasteiger partial charge on any atom is -0.495 e. The quantitative estimate of drug-likeness (QED) is 0.853. The zero-order valence-corrected chi connectivity index (χ0v) is 12.5. The molecule has 0 N–H and O–H groups in total. The van der Waals surface area contributed by atoms with Gasteiger partial charge in [-0.05, 0) is 43.9 Å². The predicted octanol–water partition coefficient (Wildman–Crippen LogP) is 2.57. The summed E-state index contributed by atoms with van der Waals surface area (Å²) >= 11 is 0. The lowest BCUT2D eigenvalue weighted by Gasteiger charge is -2.24. The average Bonchev–Trinajstić information content (AvgIpc) is 2.87. The molecule has 1 aliphatic heterocycles. The molecular weight excluding hydrogens is 262 g/mol. The highest BCUT2D eigenvalue weighted by Gasteiger charge is 2.35. The summed E-state index contributed by atoms with van der Waals surface area (Å²) in [6.07, 6.45) is 2.74. The molecule has 106 valence electrons. The molecule has 0 radical (unpaired) electrons. The van der Waals surface area contributed by atoms with E-state index in [0.717, 1.165) is 24.8 Å². The average molecular weight is 283 g/mol. The van der Waals surface area contributed by atoms with Crippen molar-refractivity contribution in [2.45, 2.75) is 44.0 Å². The maximum absolute atomic E-state index is 12.8. The Hall–Kier alpha value is -1.07. The molecule has 1 saturated heterocycles. The number of aryl methyl sites for hydroxylation is 1. The van der Waals surface area contributed by atoms with Gasteiger partial charge in [-0.1, -0.05) is 13.0 Å². The molecule has 0 bridgehead atoms. The minimum absolute atomic E-state index is 0.121. The fourth-order valence-corrected chi connectivity index (χ4v) is 4.65. The lowest BCUT2D eigenvalue weighted by atomic mass is 10.2. The minimum atomic E-state index is -3.46. The molecule has 1 aromatic carbocycles. The fourth-order valence-electron chi connectivity index (χ4n) is 2.65. The second kappa shape index (κ2) is 5.51. The van der Waals surface area contributed by atoms with Crippen molar-refractivity contribution in [3.63, 3.8) is 0 Å². The van der Waals surface area contributed by atoms with Crippen LogP contribution in [0.1, 0.15) is 31.7 Å². The van der Waals surface area contributed by atoms with Crippen molar-refractivity contribution in [1.82, 2.24) is 4.31 Å². The third-order valence-corrected chi connectivity index (χ3v) is 5.67. The first-order chi connectivity index (χ1) is 9.00. The van der Waals surface area contributed by atoms with Crippen molar-refractivity contribution >= 4 is 10.0 Å². The van der Waals surface area contributed by atoms with Gasteiger partial charge < -0.3 is 4.74 Å². The first kappa shape index (κ1) is 14.3. The van der Waals surface area contributed by atoms with Gasteiger partial charge in [0.15, 0.2) is 0 Å². The first-order valence-corrected chi connectivity index (χ1v) is 8.11. The molecule has 1 atom stereocenters. The topological polar surface area (TPSA) is 46.6 Å². The normalized spacial score (nSPS) is 20.7. The summed E-state index contributed by atoms with van der Waals surface area (Å²) < 4.78 is 32.4. The van der Waals surface area contributed by atoms with E-state index in [1.807, 2.05) is 19.9 Å². The molecule has 1 aliphatic rings. The Labute approximate surface area is 115 Å². The van der Waals surface area contributed by atoms with E-state index in [0.29, 0.717) is 12.3 Å². The monoisotopic (exact) mass is 283 g/mol. The fraction of sp³-hybridized carbons (Fsp3) is 0.571. The second-order valence-corrected chi connectivity index (χ2v) is 6.83. The molecule has 19 heavy (non-hydrogen) atoms. The van der Waals surface area contributed by atoms with Gasteiger partial charge in [0.25, 0.3) is 0 Å². The predicted molar refractivity (Wildman–Crippen MR) is 74.9 cm³/mol. The Balaban J connectivity index is 2.47. The van der Waals surface area contributed by atoms with Gasteiger partial charge in [-0.2, -0.15) is 4.31 Å². The van der Waals surface area contributed by atoms with E-state index in [2.05, 4.69) is 0 Å². The van der Waals surface area contributed by atoms with Crippen molar-refractivity contribution in [2.24, 2.45) is 0 Å². The molecule has 1 unspecified atom stereocenters. The number of methoxy groups -OCH3 is 1. The molecule has 0 aromatic heterocycles. The van der Waals surface area contributed by atoms with E-state index in [1.54, 1.807) is 16.4 Å². The summed E-state index contributed by atoms with van der Waals surface area (Å²) in [7, 11) is -1.95. The molecule has 0 aliphatic carbocycles. The maximum Gasteiger partial charge on any atom is 0.247 e. The summed E-state index contributed by atoms with van der Waals surface area (Å²) in [6.45, 7) is 4.53. The molecule has 0 spiro atoms. The summed E-state index contributed by atoms with van der Waals surface area (Å²) in [5.74, 6) is 0.423.